The van der Waals surface area contributed by atoms with Gasteiger partial charge in [-0.25, -0.2) is 8.42 Å². The Morgan fingerprint density at radius 2 is 1.89 bits per heavy atom. The van der Waals surface area contributed by atoms with Crippen molar-refractivity contribution in [2.24, 2.45) is 0 Å². The zero-order chi connectivity index (χ0) is 13.6. The summed E-state index contributed by atoms with van der Waals surface area (Å²) >= 11 is 0. The minimum atomic E-state index is -3.23. The maximum absolute atomic E-state index is 11.0. The molecule has 100 valence electrons. The molecule has 0 saturated carbocycles. The van der Waals surface area contributed by atoms with Gasteiger partial charge in [-0.05, 0) is 30.5 Å². The van der Waals surface area contributed by atoms with Crippen LogP contribution in [0.2, 0.25) is 0 Å². The third-order valence-corrected chi connectivity index (χ3v) is 2.94. The standard InChI is InChI=1S/C12H17NO4S/c1-17-12(14)5-3-4-10-6-8-11(9-7-10)13-18(2,15)16/h6-9,13H,3-5H2,1-2H3. The maximum atomic E-state index is 11.0. The van der Waals surface area contributed by atoms with E-state index in [1.807, 2.05) is 12.1 Å². The SMILES string of the molecule is COC(=O)CCCc1ccc(NS(C)(=O)=O)cc1. The fraction of sp³-hybridized carbons (Fsp3) is 0.417. The highest BCUT2D eigenvalue weighted by molar-refractivity contribution is 7.92. The Labute approximate surface area is 107 Å². The second-order valence-corrected chi connectivity index (χ2v) is 5.75. The quantitative estimate of drug-likeness (QED) is 0.797. The fourth-order valence-electron chi connectivity index (χ4n) is 1.49. The van der Waals surface area contributed by atoms with Crippen LogP contribution in [0.5, 0.6) is 0 Å². The van der Waals surface area contributed by atoms with Crippen molar-refractivity contribution in [3.63, 3.8) is 0 Å². The highest BCUT2D eigenvalue weighted by atomic mass is 32.2. The molecule has 0 aromatic heterocycles. The van der Waals surface area contributed by atoms with E-state index in [-0.39, 0.29) is 5.97 Å². The van der Waals surface area contributed by atoms with Gasteiger partial charge >= 0.3 is 5.97 Å². The van der Waals surface area contributed by atoms with Crippen molar-refractivity contribution in [1.29, 1.82) is 0 Å². The summed E-state index contributed by atoms with van der Waals surface area (Å²) in [6.45, 7) is 0. The van der Waals surface area contributed by atoms with E-state index in [2.05, 4.69) is 9.46 Å². The van der Waals surface area contributed by atoms with E-state index in [1.165, 1.54) is 7.11 Å². The molecule has 0 aliphatic heterocycles. The van der Waals surface area contributed by atoms with Crippen molar-refractivity contribution in [1.82, 2.24) is 0 Å². The van der Waals surface area contributed by atoms with E-state index in [1.54, 1.807) is 12.1 Å². The minimum Gasteiger partial charge on any atom is -0.469 e. The zero-order valence-electron chi connectivity index (χ0n) is 10.5. The predicted octanol–water partition coefficient (Wildman–Crippen LogP) is 1.55. The van der Waals surface area contributed by atoms with E-state index < -0.39 is 10.0 Å². The lowest BCUT2D eigenvalue weighted by Gasteiger charge is -2.05. The van der Waals surface area contributed by atoms with Gasteiger partial charge in [0.05, 0.1) is 13.4 Å². The predicted molar refractivity (Wildman–Crippen MR) is 69.9 cm³/mol. The van der Waals surface area contributed by atoms with E-state index in [0.717, 1.165) is 18.2 Å². The van der Waals surface area contributed by atoms with Gasteiger partial charge < -0.3 is 4.74 Å². The summed E-state index contributed by atoms with van der Waals surface area (Å²) in [6, 6.07) is 7.08. The van der Waals surface area contributed by atoms with Gasteiger partial charge in [-0.15, -0.1) is 0 Å². The van der Waals surface area contributed by atoms with E-state index >= 15 is 0 Å². The van der Waals surface area contributed by atoms with Crippen LogP contribution in [0.25, 0.3) is 0 Å². The molecule has 0 radical (unpaired) electrons. The lowest BCUT2D eigenvalue weighted by molar-refractivity contribution is -0.140. The van der Waals surface area contributed by atoms with Crippen molar-refractivity contribution in [3.8, 4) is 0 Å². The Balaban J connectivity index is 2.48. The molecule has 1 aromatic rings. The smallest absolute Gasteiger partial charge is 0.305 e. The molecule has 5 nitrogen and oxygen atoms in total. The van der Waals surface area contributed by atoms with Crippen LogP contribution in [-0.4, -0.2) is 27.8 Å². The first kappa shape index (κ1) is 14.5. The normalized spacial score (nSPS) is 11.0. The Hall–Kier alpha value is -1.56. The molecule has 0 aliphatic rings. The summed E-state index contributed by atoms with van der Waals surface area (Å²) in [5, 5.41) is 0. The lowest BCUT2D eigenvalue weighted by Crippen LogP contribution is -2.09. The van der Waals surface area contributed by atoms with Crippen LogP contribution in [0.15, 0.2) is 24.3 Å². The molecule has 0 heterocycles. The summed E-state index contributed by atoms with van der Waals surface area (Å²) in [7, 11) is -1.86. The van der Waals surface area contributed by atoms with Crippen molar-refractivity contribution in [2.45, 2.75) is 19.3 Å². The van der Waals surface area contributed by atoms with Gasteiger partial charge in [0.2, 0.25) is 10.0 Å². The number of ether oxygens (including phenoxy) is 1. The highest BCUT2D eigenvalue weighted by Gasteiger charge is 2.03. The molecule has 0 bridgehead atoms. The molecule has 0 atom stereocenters. The molecule has 0 fully saturated rings. The molecule has 1 aromatic carbocycles. The molecular weight excluding hydrogens is 254 g/mol. The number of nitrogens with one attached hydrogen (secondary N) is 1. The second kappa shape index (κ2) is 6.39. The number of rotatable bonds is 6. The van der Waals surface area contributed by atoms with Crippen molar-refractivity contribution in [2.75, 3.05) is 18.1 Å². The van der Waals surface area contributed by atoms with Crippen molar-refractivity contribution in [3.05, 3.63) is 29.8 Å². The van der Waals surface area contributed by atoms with Crippen LogP contribution < -0.4 is 4.72 Å². The first-order chi connectivity index (χ1) is 8.40. The number of carbonyl (C=O) groups excluding carboxylic acids is 1. The second-order valence-electron chi connectivity index (χ2n) is 4.00. The summed E-state index contributed by atoms with van der Waals surface area (Å²) in [5.41, 5.74) is 1.59. The number of anilines is 1. The Bertz CT molecular complexity index is 493. The number of hydrogen-bond donors (Lipinski definition) is 1. The number of aryl methyl sites for hydroxylation is 1. The van der Waals surface area contributed by atoms with Crippen LogP contribution >= 0.6 is 0 Å². The van der Waals surface area contributed by atoms with Crippen LogP contribution in [0, 0.1) is 0 Å². The summed E-state index contributed by atoms with van der Waals surface area (Å²) in [4.78, 5) is 10.9. The Morgan fingerprint density at radius 1 is 1.28 bits per heavy atom. The molecule has 1 N–H and O–H groups in total. The first-order valence-electron chi connectivity index (χ1n) is 5.54. The zero-order valence-corrected chi connectivity index (χ0v) is 11.3. The Kier molecular flexibility index (Phi) is 5.15. The fourth-order valence-corrected chi connectivity index (χ4v) is 2.06. The molecular formula is C12H17NO4S. The molecule has 0 saturated heterocycles. The maximum Gasteiger partial charge on any atom is 0.305 e. The molecule has 0 unspecified atom stereocenters. The third-order valence-electron chi connectivity index (χ3n) is 2.33. The van der Waals surface area contributed by atoms with E-state index in [9.17, 15) is 13.2 Å². The highest BCUT2D eigenvalue weighted by Crippen LogP contribution is 2.12. The van der Waals surface area contributed by atoms with Crippen LogP contribution in [0.4, 0.5) is 5.69 Å². The number of benzene rings is 1. The van der Waals surface area contributed by atoms with Crippen LogP contribution in [-0.2, 0) is 26.0 Å². The molecule has 0 spiro atoms. The molecule has 0 amide bonds. The number of sulfonamides is 1. The van der Waals surface area contributed by atoms with Crippen molar-refractivity contribution < 1.29 is 17.9 Å². The molecule has 1 rings (SSSR count). The number of methoxy groups -OCH3 is 1. The first-order valence-corrected chi connectivity index (χ1v) is 7.43. The van der Waals surface area contributed by atoms with Crippen LogP contribution in [0.1, 0.15) is 18.4 Å². The average Bonchev–Trinajstić information content (AvgIpc) is 2.29. The number of carbonyl (C=O) groups is 1. The largest absolute Gasteiger partial charge is 0.469 e. The topological polar surface area (TPSA) is 72.5 Å². The van der Waals surface area contributed by atoms with Gasteiger partial charge in [0.1, 0.15) is 0 Å². The van der Waals surface area contributed by atoms with Gasteiger partial charge in [0.25, 0.3) is 0 Å². The van der Waals surface area contributed by atoms with Crippen LogP contribution in [0.3, 0.4) is 0 Å². The summed E-state index contributed by atoms with van der Waals surface area (Å²) < 4.78 is 28.9. The van der Waals surface area contributed by atoms with Gasteiger partial charge in [-0.2, -0.15) is 0 Å². The number of hydrogen-bond acceptors (Lipinski definition) is 4. The van der Waals surface area contributed by atoms with Crippen molar-refractivity contribution >= 4 is 21.7 Å². The average molecular weight is 271 g/mol. The summed E-state index contributed by atoms with van der Waals surface area (Å²) in [6.07, 6.45) is 2.97. The molecule has 6 heteroatoms. The Morgan fingerprint density at radius 3 is 2.39 bits per heavy atom. The third kappa shape index (κ3) is 5.67. The molecule has 18 heavy (non-hydrogen) atoms. The van der Waals surface area contributed by atoms with Gasteiger partial charge in [0, 0.05) is 12.1 Å². The van der Waals surface area contributed by atoms with E-state index in [0.29, 0.717) is 18.5 Å². The number of esters is 1. The monoisotopic (exact) mass is 271 g/mol. The van der Waals surface area contributed by atoms with E-state index in [4.69, 9.17) is 0 Å². The van der Waals surface area contributed by atoms with Gasteiger partial charge in [-0.1, -0.05) is 12.1 Å². The summed E-state index contributed by atoms with van der Waals surface area (Å²) in [5.74, 6) is -0.217. The minimum absolute atomic E-state index is 0.217. The molecule has 0 aliphatic carbocycles. The van der Waals surface area contributed by atoms with Gasteiger partial charge in [-0.3, -0.25) is 9.52 Å². The lowest BCUT2D eigenvalue weighted by atomic mass is 10.1. The van der Waals surface area contributed by atoms with Gasteiger partial charge in [0.15, 0.2) is 0 Å².